The van der Waals surface area contributed by atoms with Crippen LogP contribution in [0, 0.1) is 5.92 Å². The maximum Gasteiger partial charge on any atom is 0.221 e. The minimum atomic E-state index is -0.225. The maximum atomic E-state index is 13.4. The Morgan fingerprint density at radius 1 is 1.17 bits per heavy atom. The van der Waals surface area contributed by atoms with Gasteiger partial charge in [0.2, 0.25) is 5.95 Å². The third-order valence-corrected chi connectivity index (χ3v) is 6.49. The molecule has 2 aliphatic rings. The fourth-order valence-electron chi connectivity index (χ4n) is 4.58. The maximum absolute atomic E-state index is 13.4. The van der Waals surface area contributed by atoms with Gasteiger partial charge in [-0.3, -0.25) is 9.80 Å². The van der Waals surface area contributed by atoms with Gasteiger partial charge in [0.05, 0.1) is 32.0 Å². The van der Waals surface area contributed by atoms with E-state index in [4.69, 9.17) is 20.9 Å². The number of nitrogens with zero attached hydrogens (tertiary/aromatic N) is 4. The number of ether oxygens (including phenoxy) is 2. The van der Waals surface area contributed by atoms with Gasteiger partial charge in [-0.05, 0) is 47.6 Å². The molecule has 1 aliphatic carbocycles. The van der Waals surface area contributed by atoms with E-state index in [1.807, 2.05) is 29.4 Å². The van der Waals surface area contributed by atoms with E-state index >= 15 is 0 Å². The highest BCUT2D eigenvalue weighted by Crippen LogP contribution is 2.46. The van der Waals surface area contributed by atoms with Crippen molar-refractivity contribution >= 4 is 23.8 Å². The lowest BCUT2D eigenvalue weighted by Crippen LogP contribution is -2.25. The number of nitrogen functional groups attached to an aromatic ring is 2. The summed E-state index contributed by atoms with van der Waals surface area (Å²) >= 11 is 0. The van der Waals surface area contributed by atoms with E-state index in [-0.39, 0.29) is 17.8 Å². The molecule has 1 aliphatic heterocycles. The lowest BCUT2D eigenvalue weighted by Gasteiger charge is -2.31. The number of fused-ring (bicyclic) bond motifs is 1. The molecule has 9 heteroatoms. The van der Waals surface area contributed by atoms with Gasteiger partial charge >= 0.3 is 0 Å². The Bertz CT molecular complexity index is 1370. The number of aromatic nitrogens is 2. The standard InChI is InChI=1S/C27H28N6O3/c1-35-23-13-16(11-19-14-30-27(29)32-26(19)28)12-21(25(23)36-2)22(34)9-10-33-24(17-7-8-17)20-6-4-3-5-18(20)15-31-33/h3-6,9-10,12-15,17,24H,7-8,11H2,1-2H3,(H4,28,29,30,32)/b10-9+/t24-/m1/s1. The van der Waals surface area contributed by atoms with E-state index in [2.05, 4.69) is 27.2 Å². The first-order valence-corrected chi connectivity index (χ1v) is 11.7. The Kier molecular flexibility index (Phi) is 6.28. The molecule has 0 spiro atoms. The van der Waals surface area contributed by atoms with Crippen molar-refractivity contribution in [2.24, 2.45) is 11.0 Å². The molecule has 5 rings (SSSR count). The van der Waals surface area contributed by atoms with E-state index in [0.29, 0.717) is 40.8 Å². The predicted molar refractivity (Wildman–Crippen MR) is 138 cm³/mol. The molecule has 3 aromatic rings. The highest BCUT2D eigenvalue weighted by atomic mass is 16.5. The van der Waals surface area contributed by atoms with Crippen LogP contribution in [0.4, 0.5) is 11.8 Å². The van der Waals surface area contributed by atoms with E-state index in [1.165, 1.54) is 25.9 Å². The van der Waals surface area contributed by atoms with Crippen LogP contribution >= 0.6 is 0 Å². The number of carbonyl (C=O) groups excluding carboxylic acids is 1. The molecule has 184 valence electrons. The summed E-state index contributed by atoms with van der Waals surface area (Å²) in [7, 11) is 3.05. The van der Waals surface area contributed by atoms with Gasteiger partial charge in [0.1, 0.15) is 5.82 Å². The van der Waals surface area contributed by atoms with Gasteiger partial charge in [-0.2, -0.15) is 10.1 Å². The van der Waals surface area contributed by atoms with Crippen molar-refractivity contribution in [2.45, 2.75) is 25.3 Å². The summed E-state index contributed by atoms with van der Waals surface area (Å²) in [6, 6.07) is 12.0. The number of nitrogens with two attached hydrogens (primary N) is 2. The van der Waals surface area contributed by atoms with Crippen molar-refractivity contribution in [1.82, 2.24) is 15.0 Å². The average Bonchev–Trinajstić information content (AvgIpc) is 3.73. The molecule has 1 atom stereocenters. The molecular formula is C27H28N6O3. The van der Waals surface area contributed by atoms with Gasteiger partial charge in [0, 0.05) is 30.5 Å². The summed E-state index contributed by atoms with van der Waals surface area (Å²) in [5, 5.41) is 6.51. The molecule has 1 aromatic heterocycles. The Hall–Kier alpha value is -4.40. The van der Waals surface area contributed by atoms with Crippen molar-refractivity contribution in [3.8, 4) is 11.5 Å². The first-order chi connectivity index (χ1) is 17.5. The number of allylic oxidation sites excluding steroid dienone is 1. The monoisotopic (exact) mass is 484 g/mol. The van der Waals surface area contributed by atoms with Crippen LogP contribution in [0.5, 0.6) is 11.5 Å². The Morgan fingerprint density at radius 2 is 1.97 bits per heavy atom. The first kappa shape index (κ1) is 23.3. The van der Waals surface area contributed by atoms with Gasteiger partial charge < -0.3 is 20.9 Å². The first-order valence-electron chi connectivity index (χ1n) is 11.7. The SMILES string of the molecule is COc1cc(Cc2cnc(N)nc2N)cc(C(=O)/C=C/N2N=Cc3ccccc3[C@H]2C2CC2)c1OC. The number of rotatable bonds is 8. The number of ketones is 1. The van der Waals surface area contributed by atoms with Crippen molar-refractivity contribution in [1.29, 1.82) is 0 Å². The summed E-state index contributed by atoms with van der Waals surface area (Å²) in [5.41, 5.74) is 15.9. The molecule has 36 heavy (non-hydrogen) atoms. The zero-order valence-electron chi connectivity index (χ0n) is 20.2. The van der Waals surface area contributed by atoms with Crippen LogP contribution in [-0.4, -0.2) is 41.2 Å². The summed E-state index contributed by atoms with van der Waals surface area (Å²) in [5.74, 6) is 1.51. The van der Waals surface area contributed by atoms with Gasteiger partial charge in [0.25, 0.3) is 0 Å². The number of hydrogen-bond acceptors (Lipinski definition) is 9. The Labute approximate surface area is 209 Å². The molecule has 4 N–H and O–H groups in total. The van der Waals surface area contributed by atoms with E-state index in [0.717, 1.165) is 24.0 Å². The predicted octanol–water partition coefficient (Wildman–Crippen LogP) is 3.75. The number of carbonyl (C=O) groups is 1. The van der Waals surface area contributed by atoms with E-state index in [9.17, 15) is 4.79 Å². The second-order valence-electron chi connectivity index (χ2n) is 8.91. The number of methoxy groups -OCH3 is 2. The second kappa shape index (κ2) is 9.69. The lowest BCUT2D eigenvalue weighted by molar-refractivity contribution is 0.104. The molecule has 0 unspecified atom stereocenters. The highest BCUT2D eigenvalue weighted by molar-refractivity contribution is 6.07. The van der Waals surface area contributed by atoms with Crippen LogP contribution in [0.1, 0.15) is 51.5 Å². The Morgan fingerprint density at radius 3 is 2.69 bits per heavy atom. The largest absolute Gasteiger partial charge is 0.493 e. The summed E-state index contributed by atoms with van der Waals surface area (Å²) in [6.45, 7) is 0. The van der Waals surface area contributed by atoms with Crippen molar-refractivity contribution in [2.75, 3.05) is 25.7 Å². The molecule has 0 amide bonds. The molecule has 0 saturated heterocycles. The van der Waals surface area contributed by atoms with Crippen LogP contribution in [0.25, 0.3) is 0 Å². The Balaban J connectivity index is 1.45. The molecule has 0 bridgehead atoms. The molecule has 0 radical (unpaired) electrons. The van der Waals surface area contributed by atoms with Crippen LogP contribution in [0.15, 0.2) is 60.0 Å². The van der Waals surface area contributed by atoms with Crippen LogP contribution in [-0.2, 0) is 6.42 Å². The topological polar surface area (TPSA) is 129 Å². The highest BCUT2D eigenvalue weighted by Gasteiger charge is 2.38. The molecule has 2 heterocycles. The molecule has 1 fully saturated rings. The number of anilines is 2. The minimum absolute atomic E-state index is 0.108. The van der Waals surface area contributed by atoms with Crippen LogP contribution < -0.4 is 20.9 Å². The average molecular weight is 485 g/mol. The zero-order valence-corrected chi connectivity index (χ0v) is 20.2. The van der Waals surface area contributed by atoms with Gasteiger partial charge in [-0.1, -0.05) is 24.3 Å². The van der Waals surface area contributed by atoms with E-state index in [1.54, 1.807) is 18.5 Å². The van der Waals surface area contributed by atoms with Crippen molar-refractivity contribution in [3.05, 3.63) is 82.7 Å². The quantitative estimate of drug-likeness (QED) is 0.365. The fourth-order valence-corrected chi connectivity index (χ4v) is 4.58. The summed E-state index contributed by atoms with van der Waals surface area (Å²) < 4.78 is 11.1. The fraction of sp³-hybridized carbons (Fsp3) is 0.259. The number of hydrogen-bond donors (Lipinski definition) is 2. The molecular weight excluding hydrogens is 456 g/mol. The number of hydrazone groups is 1. The lowest BCUT2D eigenvalue weighted by atomic mass is 9.95. The van der Waals surface area contributed by atoms with Gasteiger partial charge in [-0.25, -0.2) is 4.98 Å². The van der Waals surface area contributed by atoms with Crippen LogP contribution in [0.2, 0.25) is 0 Å². The smallest absolute Gasteiger partial charge is 0.221 e. The summed E-state index contributed by atoms with van der Waals surface area (Å²) in [6.07, 6.45) is 9.40. The second-order valence-corrected chi connectivity index (χ2v) is 8.91. The summed E-state index contributed by atoms with van der Waals surface area (Å²) in [4.78, 5) is 21.5. The molecule has 2 aromatic carbocycles. The van der Waals surface area contributed by atoms with Gasteiger partial charge in [-0.15, -0.1) is 0 Å². The van der Waals surface area contributed by atoms with Crippen molar-refractivity contribution < 1.29 is 14.3 Å². The zero-order chi connectivity index (χ0) is 25.2. The van der Waals surface area contributed by atoms with Crippen LogP contribution in [0.3, 0.4) is 0 Å². The minimum Gasteiger partial charge on any atom is -0.493 e. The third-order valence-electron chi connectivity index (χ3n) is 6.49. The third kappa shape index (κ3) is 4.59. The van der Waals surface area contributed by atoms with Gasteiger partial charge in [0.15, 0.2) is 17.3 Å². The normalized spacial score (nSPS) is 16.7. The number of benzene rings is 2. The molecule has 9 nitrogen and oxygen atoms in total. The van der Waals surface area contributed by atoms with E-state index < -0.39 is 0 Å². The van der Waals surface area contributed by atoms with Crippen molar-refractivity contribution in [3.63, 3.8) is 0 Å². The molecule has 1 saturated carbocycles.